The standard InChI is InChI=1S/C13H17NO2/c1-10(15)11-4-6-13(7-5-11)16-9-12-3-2-8-14-12/h4-7,12,14H,2-3,8-9H2,1H3. The van der Waals surface area contributed by atoms with Gasteiger partial charge in [0.15, 0.2) is 5.78 Å². The molecule has 0 aliphatic carbocycles. The van der Waals surface area contributed by atoms with Gasteiger partial charge in [-0.15, -0.1) is 0 Å². The van der Waals surface area contributed by atoms with Gasteiger partial charge in [-0.05, 0) is 50.6 Å². The summed E-state index contributed by atoms with van der Waals surface area (Å²) in [5.41, 5.74) is 0.728. The number of Topliss-reactive ketones (excluding diaryl/α,β-unsaturated/α-hetero) is 1. The van der Waals surface area contributed by atoms with E-state index >= 15 is 0 Å². The largest absolute Gasteiger partial charge is 0.492 e. The van der Waals surface area contributed by atoms with Gasteiger partial charge in [-0.3, -0.25) is 4.79 Å². The lowest BCUT2D eigenvalue weighted by Gasteiger charge is -2.12. The minimum Gasteiger partial charge on any atom is -0.492 e. The Balaban J connectivity index is 1.87. The maximum absolute atomic E-state index is 11.1. The second kappa shape index (κ2) is 5.12. The highest BCUT2D eigenvalue weighted by molar-refractivity contribution is 5.94. The van der Waals surface area contributed by atoms with Crippen molar-refractivity contribution in [3.05, 3.63) is 29.8 Å². The van der Waals surface area contributed by atoms with Crippen LogP contribution in [0.4, 0.5) is 0 Å². The smallest absolute Gasteiger partial charge is 0.159 e. The summed E-state index contributed by atoms with van der Waals surface area (Å²) in [7, 11) is 0. The molecule has 1 aliphatic rings. The maximum atomic E-state index is 11.1. The second-order valence-corrected chi connectivity index (χ2v) is 4.18. The molecule has 1 aromatic carbocycles. The summed E-state index contributed by atoms with van der Waals surface area (Å²) in [4.78, 5) is 11.1. The Bertz CT molecular complexity index is 353. The number of carbonyl (C=O) groups is 1. The summed E-state index contributed by atoms with van der Waals surface area (Å²) in [5.74, 6) is 0.919. The van der Waals surface area contributed by atoms with Gasteiger partial charge < -0.3 is 10.1 Å². The van der Waals surface area contributed by atoms with Crippen LogP contribution in [0.2, 0.25) is 0 Å². The Hall–Kier alpha value is -1.35. The fraction of sp³-hybridized carbons (Fsp3) is 0.462. The van der Waals surface area contributed by atoms with E-state index in [2.05, 4.69) is 5.32 Å². The molecule has 16 heavy (non-hydrogen) atoms. The van der Waals surface area contributed by atoms with Crippen LogP contribution >= 0.6 is 0 Å². The number of carbonyl (C=O) groups excluding carboxylic acids is 1. The lowest BCUT2D eigenvalue weighted by molar-refractivity contribution is 0.101. The molecule has 1 fully saturated rings. The molecular weight excluding hydrogens is 202 g/mol. The minimum atomic E-state index is 0.0870. The van der Waals surface area contributed by atoms with Crippen LogP contribution in [-0.2, 0) is 0 Å². The fourth-order valence-electron chi connectivity index (χ4n) is 1.88. The molecule has 1 N–H and O–H groups in total. The Morgan fingerprint density at radius 3 is 2.75 bits per heavy atom. The second-order valence-electron chi connectivity index (χ2n) is 4.18. The molecule has 86 valence electrons. The predicted octanol–water partition coefficient (Wildman–Crippen LogP) is 2.02. The van der Waals surface area contributed by atoms with Crippen LogP contribution in [-0.4, -0.2) is 25.0 Å². The van der Waals surface area contributed by atoms with Gasteiger partial charge in [-0.2, -0.15) is 0 Å². The van der Waals surface area contributed by atoms with Crippen LogP contribution in [0.1, 0.15) is 30.1 Å². The number of ketones is 1. The first kappa shape index (κ1) is 11.1. The zero-order chi connectivity index (χ0) is 11.4. The van der Waals surface area contributed by atoms with Crippen molar-refractivity contribution >= 4 is 5.78 Å². The van der Waals surface area contributed by atoms with E-state index in [9.17, 15) is 4.79 Å². The SMILES string of the molecule is CC(=O)c1ccc(OCC2CCCN2)cc1. The maximum Gasteiger partial charge on any atom is 0.159 e. The predicted molar refractivity (Wildman–Crippen MR) is 63.0 cm³/mol. The van der Waals surface area contributed by atoms with E-state index in [1.807, 2.05) is 12.1 Å². The van der Waals surface area contributed by atoms with Gasteiger partial charge in [-0.1, -0.05) is 0 Å². The molecule has 1 unspecified atom stereocenters. The van der Waals surface area contributed by atoms with E-state index < -0.39 is 0 Å². The van der Waals surface area contributed by atoms with Gasteiger partial charge in [0, 0.05) is 11.6 Å². The van der Waals surface area contributed by atoms with Crippen LogP contribution in [0.5, 0.6) is 5.75 Å². The Morgan fingerprint density at radius 1 is 1.44 bits per heavy atom. The number of rotatable bonds is 4. The third kappa shape index (κ3) is 2.83. The van der Waals surface area contributed by atoms with E-state index in [1.165, 1.54) is 12.8 Å². The van der Waals surface area contributed by atoms with Gasteiger partial charge in [0.2, 0.25) is 0 Å². The average molecular weight is 219 g/mol. The normalized spacial score (nSPS) is 19.7. The van der Waals surface area contributed by atoms with Crippen molar-refractivity contribution in [2.24, 2.45) is 0 Å². The molecular formula is C13H17NO2. The van der Waals surface area contributed by atoms with Crippen LogP contribution in [0.3, 0.4) is 0 Å². The quantitative estimate of drug-likeness (QED) is 0.787. The number of hydrogen-bond acceptors (Lipinski definition) is 3. The molecule has 0 radical (unpaired) electrons. The van der Waals surface area contributed by atoms with Crippen LogP contribution < -0.4 is 10.1 Å². The average Bonchev–Trinajstić information content (AvgIpc) is 2.80. The summed E-state index contributed by atoms with van der Waals surface area (Å²) in [6.07, 6.45) is 2.42. The topological polar surface area (TPSA) is 38.3 Å². The highest BCUT2D eigenvalue weighted by atomic mass is 16.5. The number of ether oxygens (including phenoxy) is 1. The zero-order valence-corrected chi connectivity index (χ0v) is 9.53. The van der Waals surface area contributed by atoms with Crippen molar-refractivity contribution < 1.29 is 9.53 Å². The number of hydrogen-bond donors (Lipinski definition) is 1. The molecule has 0 aromatic heterocycles. The summed E-state index contributed by atoms with van der Waals surface area (Å²) >= 11 is 0. The Labute approximate surface area is 95.8 Å². The molecule has 0 saturated carbocycles. The van der Waals surface area contributed by atoms with E-state index in [4.69, 9.17) is 4.74 Å². The molecule has 2 rings (SSSR count). The first-order valence-electron chi connectivity index (χ1n) is 5.73. The molecule has 1 aromatic rings. The van der Waals surface area contributed by atoms with Gasteiger partial charge in [0.25, 0.3) is 0 Å². The molecule has 3 heteroatoms. The Morgan fingerprint density at radius 2 is 2.19 bits per heavy atom. The van der Waals surface area contributed by atoms with Crippen molar-refractivity contribution in [3.63, 3.8) is 0 Å². The van der Waals surface area contributed by atoms with Crippen molar-refractivity contribution in [2.75, 3.05) is 13.2 Å². The van der Waals surface area contributed by atoms with Gasteiger partial charge in [0.05, 0.1) is 0 Å². The van der Waals surface area contributed by atoms with Crippen molar-refractivity contribution in [3.8, 4) is 5.75 Å². The molecule has 1 heterocycles. The minimum absolute atomic E-state index is 0.0870. The van der Waals surface area contributed by atoms with E-state index in [0.717, 1.165) is 17.9 Å². The lowest BCUT2D eigenvalue weighted by Crippen LogP contribution is -2.28. The summed E-state index contributed by atoms with van der Waals surface area (Å²) < 4.78 is 5.65. The van der Waals surface area contributed by atoms with Crippen molar-refractivity contribution in [1.82, 2.24) is 5.32 Å². The summed E-state index contributed by atoms with van der Waals surface area (Å²) in [5, 5.41) is 3.38. The third-order valence-corrected chi connectivity index (χ3v) is 2.87. The molecule has 0 spiro atoms. The Kier molecular flexibility index (Phi) is 3.57. The van der Waals surface area contributed by atoms with E-state index in [-0.39, 0.29) is 5.78 Å². The van der Waals surface area contributed by atoms with Crippen molar-refractivity contribution in [2.45, 2.75) is 25.8 Å². The highest BCUT2D eigenvalue weighted by Gasteiger charge is 2.14. The van der Waals surface area contributed by atoms with Crippen molar-refractivity contribution in [1.29, 1.82) is 0 Å². The molecule has 1 atom stereocenters. The lowest BCUT2D eigenvalue weighted by atomic mass is 10.1. The number of nitrogens with one attached hydrogen (secondary N) is 1. The van der Waals surface area contributed by atoms with Crippen LogP contribution in [0.15, 0.2) is 24.3 Å². The molecule has 1 saturated heterocycles. The highest BCUT2D eigenvalue weighted by Crippen LogP contribution is 2.14. The zero-order valence-electron chi connectivity index (χ0n) is 9.53. The first-order valence-corrected chi connectivity index (χ1v) is 5.73. The van der Waals surface area contributed by atoms with Gasteiger partial charge >= 0.3 is 0 Å². The summed E-state index contributed by atoms with van der Waals surface area (Å²) in [6.45, 7) is 3.37. The molecule has 1 aliphatic heterocycles. The fourth-order valence-corrected chi connectivity index (χ4v) is 1.88. The molecule has 0 amide bonds. The van der Waals surface area contributed by atoms with E-state index in [0.29, 0.717) is 12.6 Å². The van der Waals surface area contributed by atoms with E-state index in [1.54, 1.807) is 19.1 Å². The van der Waals surface area contributed by atoms with Crippen LogP contribution in [0.25, 0.3) is 0 Å². The first-order chi connectivity index (χ1) is 7.75. The third-order valence-electron chi connectivity index (χ3n) is 2.87. The molecule has 3 nitrogen and oxygen atoms in total. The van der Waals surface area contributed by atoms with Crippen LogP contribution in [0, 0.1) is 0 Å². The number of benzene rings is 1. The van der Waals surface area contributed by atoms with Gasteiger partial charge in [0.1, 0.15) is 12.4 Å². The monoisotopic (exact) mass is 219 g/mol. The van der Waals surface area contributed by atoms with Gasteiger partial charge in [-0.25, -0.2) is 0 Å². The summed E-state index contributed by atoms with van der Waals surface area (Å²) in [6, 6.07) is 7.80. The molecule has 0 bridgehead atoms.